The summed E-state index contributed by atoms with van der Waals surface area (Å²) in [6, 6.07) is 42.3. The van der Waals surface area contributed by atoms with Crippen LogP contribution < -0.4 is 19.6 Å². The second-order valence-corrected chi connectivity index (χ2v) is 17.3. The smallest absolute Gasteiger partial charge is 0.340 e. The van der Waals surface area contributed by atoms with Crippen LogP contribution in [0.3, 0.4) is 0 Å². The summed E-state index contributed by atoms with van der Waals surface area (Å²) in [5, 5.41) is 0. The summed E-state index contributed by atoms with van der Waals surface area (Å²) in [5.41, 5.74) is 12.9. The number of rotatable bonds is 10. The van der Waals surface area contributed by atoms with E-state index in [9.17, 15) is 4.79 Å². The van der Waals surface area contributed by atoms with Crippen molar-refractivity contribution in [1.82, 2.24) is 0 Å². The molecule has 59 heavy (non-hydrogen) atoms. The van der Waals surface area contributed by atoms with Crippen molar-refractivity contribution in [2.75, 3.05) is 72.0 Å². The molecule has 4 saturated heterocycles. The van der Waals surface area contributed by atoms with E-state index in [2.05, 4.69) is 142 Å². The van der Waals surface area contributed by atoms with Crippen LogP contribution in [0.25, 0.3) is 11.1 Å². The van der Waals surface area contributed by atoms with Crippen molar-refractivity contribution in [2.24, 2.45) is 0 Å². The molecule has 6 heteroatoms. The van der Waals surface area contributed by atoms with Crippen molar-refractivity contribution >= 4 is 39.9 Å². The first-order valence-corrected chi connectivity index (χ1v) is 22.2. The van der Waals surface area contributed by atoms with Gasteiger partial charge in [0.25, 0.3) is 0 Å². The van der Waals surface area contributed by atoms with Crippen molar-refractivity contribution < 1.29 is 9.53 Å². The normalized spacial score (nSPS) is 18.4. The molecule has 6 nitrogen and oxygen atoms in total. The standard InChI is InChI=1S/C53H56N4O2/c1-39-10-27-48-51(36-39)53(59-52(48)58,37-49(40-11-19-44(20-12-40)54-28-2-3-29-54)41-13-21-45(22-14-41)55-30-4-5-31-55)38-50(42-15-23-46(24-16-42)56-32-6-7-33-56)43-17-25-47(26-18-43)57-34-8-9-35-57/h10-27,36-38H,2-9,28-35H2,1H3. The van der Waals surface area contributed by atoms with Gasteiger partial charge in [0.1, 0.15) is 0 Å². The van der Waals surface area contributed by atoms with Crippen LogP contribution in [0.4, 0.5) is 22.7 Å². The number of hydrogen-bond acceptors (Lipinski definition) is 6. The molecule has 10 rings (SSSR count). The van der Waals surface area contributed by atoms with Crippen molar-refractivity contribution in [3.63, 3.8) is 0 Å². The Labute approximate surface area is 350 Å². The van der Waals surface area contributed by atoms with E-state index in [4.69, 9.17) is 4.74 Å². The van der Waals surface area contributed by atoms with Gasteiger partial charge < -0.3 is 24.3 Å². The predicted octanol–water partition coefficient (Wildman–Crippen LogP) is 11.0. The molecule has 5 aromatic carbocycles. The number of nitrogens with zero attached hydrogens (tertiary/aromatic N) is 4. The SMILES string of the molecule is Cc1ccc2c(c1)C(C=C(c1ccc(N3CCCC3)cc1)c1ccc(N3CCCC3)cc1)(C=C(c1ccc(N3CCCC3)cc1)c1ccc(N3CCCC3)cc1)OC2=O. The Morgan fingerprint density at radius 3 is 1.07 bits per heavy atom. The number of aryl methyl sites for hydroxylation is 1. The van der Waals surface area contributed by atoms with Gasteiger partial charge in [-0.2, -0.15) is 0 Å². The van der Waals surface area contributed by atoms with Gasteiger partial charge >= 0.3 is 5.97 Å². The van der Waals surface area contributed by atoms with Gasteiger partial charge in [0.15, 0.2) is 5.60 Å². The highest BCUT2D eigenvalue weighted by Gasteiger charge is 2.44. The number of carbonyl (C=O) groups is 1. The first-order chi connectivity index (χ1) is 29.0. The third kappa shape index (κ3) is 7.54. The molecule has 300 valence electrons. The van der Waals surface area contributed by atoms with E-state index in [1.807, 2.05) is 12.1 Å². The van der Waals surface area contributed by atoms with Gasteiger partial charge in [-0.3, -0.25) is 0 Å². The minimum absolute atomic E-state index is 0.297. The predicted molar refractivity (Wildman–Crippen MR) is 244 cm³/mol. The van der Waals surface area contributed by atoms with E-state index < -0.39 is 5.60 Å². The van der Waals surface area contributed by atoms with Crippen molar-refractivity contribution in [1.29, 1.82) is 0 Å². The number of carbonyl (C=O) groups excluding carboxylic acids is 1. The second-order valence-electron chi connectivity index (χ2n) is 17.3. The van der Waals surface area contributed by atoms with E-state index >= 15 is 0 Å². The lowest BCUT2D eigenvalue weighted by Crippen LogP contribution is -2.23. The third-order valence-corrected chi connectivity index (χ3v) is 13.4. The van der Waals surface area contributed by atoms with Crippen LogP contribution in [0.15, 0.2) is 127 Å². The fraction of sp³-hybridized carbons (Fsp3) is 0.340. The quantitative estimate of drug-likeness (QED) is 0.131. The Hall–Kier alpha value is -5.75. The van der Waals surface area contributed by atoms with Crippen LogP contribution in [0.5, 0.6) is 0 Å². The van der Waals surface area contributed by atoms with Crippen LogP contribution in [0.2, 0.25) is 0 Å². The number of esters is 1. The lowest BCUT2D eigenvalue weighted by molar-refractivity contribution is 0.0299. The molecule has 5 heterocycles. The maximum absolute atomic E-state index is 14.2. The zero-order valence-corrected chi connectivity index (χ0v) is 34.5. The summed E-state index contributed by atoms with van der Waals surface area (Å²) in [7, 11) is 0. The molecule has 0 aliphatic carbocycles. The van der Waals surface area contributed by atoms with Crippen LogP contribution in [-0.4, -0.2) is 58.3 Å². The first kappa shape index (κ1) is 37.5. The average Bonchev–Trinajstić information content (AvgIpc) is 4.14. The molecular formula is C53H56N4O2. The highest BCUT2D eigenvalue weighted by molar-refractivity contribution is 5.98. The molecule has 5 aliphatic heterocycles. The largest absolute Gasteiger partial charge is 0.442 e. The van der Waals surface area contributed by atoms with Gasteiger partial charge in [0.2, 0.25) is 0 Å². The number of hydrogen-bond donors (Lipinski definition) is 0. The summed E-state index contributed by atoms with van der Waals surface area (Å²) >= 11 is 0. The number of cyclic esters (lactones) is 1. The summed E-state index contributed by atoms with van der Waals surface area (Å²) in [5.74, 6) is -0.297. The molecule has 0 bridgehead atoms. The van der Waals surface area contributed by atoms with Crippen LogP contribution >= 0.6 is 0 Å². The zero-order chi connectivity index (χ0) is 39.8. The maximum atomic E-state index is 14.2. The molecule has 0 spiro atoms. The molecule has 0 atom stereocenters. The van der Waals surface area contributed by atoms with Crippen molar-refractivity contribution in [3.8, 4) is 0 Å². The minimum Gasteiger partial charge on any atom is -0.442 e. The monoisotopic (exact) mass is 780 g/mol. The van der Waals surface area contributed by atoms with Gasteiger partial charge in [-0.15, -0.1) is 0 Å². The molecule has 0 amide bonds. The number of benzene rings is 5. The van der Waals surface area contributed by atoms with Gasteiger partial charge in [-0.25, -0.2) is 4.79 Å². The van der Waals surface area contributed by atoms with E-state index in [-0.39, 0.29) is 5.97 Å². The van der Waals surface area contributed by atoms with E-state index in [0.717, 1.165) is 96.9 Å². The zero-order valence-electron chi connectivity index (χ0n) is 34.5. The van der Waals surface area contributed by atoms with Gasteiger partial charge in [0.05, 0.1) is 5.56 Å². The molecule has 0 N–H and O–H groups in total. The van der Waals surface area contributed by atoms with Crippen LogP contribution in [0.1, 0.15) is 95.1 Å². The summed E-state index contributed by atoms with van der Waals surface area (Å²) in [6.07, 6.45) is 14.4. The van der Waals surface area contributed by atoms with Crippen LogP contribution in [0, 0.1) is 6.92 Å². The molecule has 5 aliphatic rings. The summed E-state index contributed by atoms with van der Waals surface area (Å²) < 4.78 is 6.82. The first-order valence-electron chi connectivity index (χ1n) is 22.2. The fourth-order valence-corrected chi connectivity index (χ4v) is 10.1. The van der Waals surface area contributed by atoms with E-state index in [0.29, 0.717) is 5.56 Å². The Balaban J connectivity index is 1.16. The Kier molecular flexibility index (Phi) is 10.3. The van der Waals surface area contributed by atoms with Gasteiger partial charge in [-0.1, -0.05) is 66.2 Å². The summed E-state index contributed by atoms with van der Waals surface area (Å²) in [6.45, 7) is 10.9. The van der Waals surface area contributed by atoms with Gasteiger partial charge in [-0.05, 0) is 158 Å². The molecule has 0 unspecified atom stereocenters. The highest BCUT2D eigenvalue weighted by atomic mass is 16.6. The fourth-order valence-electron chi connectivity index (χ4n) is 10.1. The molecule has 4 fully saturated rings. The third-order valence-electron chi connectivity index (χ3n) is 13.4. The Morgan fingerprint density at radius 1 is 0.458 bits per heavy atom. The lowest BCUT2D eigenvalue weighted by Gasteiger charge is -2.27. The Bertz CT molecular complexity index is 2080. The van der Waals surface area contributed by atoms with Crippen molar-refractivity contribution in [2.45, 2.75) is 63.9 Å². The molecular weight excluding hydrogens is 725 g/mol. The highest BCUT2D eigenvalue weighted by Crippen LogP contribution is 2.46. The van der Waals surface area contributed by atoms with Crippen LogP contribution in [-0.2, 0) is 10.3 Å². The number of fused-ring (bicyclic) bond motifs is 1. The molecule has 0 aromatic heterocycles. The second kappa shape index (κ2) is 16.1. The van der Waals surface area contributed by atoms with E-state index in [1.165, 1.54) is 74.1 Å². The number of ether oxygens (including phenoxy) is 1. The maximum Gasteiger partial charge on any atom is 0.340 e. The number of anilines is 4. The molecule has 0 radical (unpaired) electrons. The van der Waals surface area contributed by atoms with E-state index in [1.54, 1.807) is 0 Å². The minimum atomic E-state index is -1.19. The van der Waals surface area contributed by atoms with Gasteiger partial charge in [0, 0.05) is 80.7 Å². The Morgan fingerprint density at radius 2 is 0.763 bits per heavy atom. The molecule has 0 saturated carbocycles. The summed E-state index contributed by atoms with van der Waals surface area (Å²) in [4.78, 5) is 24.1. The average molecular weight is 781 g/mol. The topological polar surface area (TPSA) is 39.3 Å². The lowest BCUT2D eigenvalue weighted by atomic mass is 9.82. The molecule has 5 aromatic rings. The van der Waals surface area contributed by atoms with Crippen molar-refractivity contribution in [3.05, 3.63) is 166 Å².